The van der Waals surface area contributed by atoms with Crippen LogP contribution in [-0.4, -0.2) is 50.2 Å². The highest BCUT2D eigenvalue weighted by Crippen LogP contribution is 2.00. The Balaban J connectivity index is 3.94. The molecule has 0 aliphatic heterocycles. The standard InChI is InChI=1S/C8H23N5/c9-2-1-8(7-12)13(5-3-10)6-4-11/h8H,1-7,9-12H2. The van der Waals surface area contributed by atoms with Crippen molar-refractivity contribution in [2.24, 2.45) is 22.9 Å². The van der Waals surface area contributed by atoms with Gasteiger partial charge in [0.05, 0.1) is 0 Å². The molecule has 0 radical (unpaired) electrons. The van der Waals surface area contributed by atoms with Crippen LogP contribution < -0.4 is 22.9 Å². The summed E-state index contributed by atoms with van der Waals surface area (Å²) in [5, 5.41) is 0. The van der Waals surface area contributed by atoms with Crippen molar-refractivity contribution in [1.82, 2.24) is 4.90 Å². The summed E-state index contributed by atoms with van der Waals surface area (Å²) in [6.07, 6.45) is 0.913. The molecule has 1 atom stereocenters. The zero-order valence-corrected chi connectivity index (χ0v) is 8.28. The largest absolute Gasteiger partial charge is 0.330 e. The first kappa shape index (κ1) is 12.8. The van der Waals surface area contributed by atoms with E-state index in [9.17, 15) is 0 Å². The molecule has 0 saturated heterocycles. The molecule has 0 spiro atoms. The Labute approximate surface area is 80.4 Å². The van der Waals surface area contributed by atoms with Gasteiger partial charge in [-0.05, 0) is 13.0 Å². The van der Waals surface area contributed by atoms with Gasteiger partial charge in [0.25, 0.3) is 0 Å². The number of hydrogen-bond acceptors (Lipinski definition) is 5. The Morgan fingerprint density at radius 2 is 1.38 bits per heavy atom. The molecule has 0 bridgehead atoms. The van der Waals surface area contributed by atoms with Crippen LogP contribution in [0.25, 0.3) is 0 Å². The Hall–Kier alpha value is -0.200. The van der Waals surface area contributed by atoms with Crippen LogP contribution in [0.5, 0.6) is 0 Å². The van der Waals surface area contributed by atoms with E-state index in [4.69, 9.17) is 22.9 Å². The monoisotopic (exact) mass is 189 g/mol. The molecule has 0 heterocycles. The van der Waals surface area contributed by atoms with Gasteiger partial charge in [-0.25, -0.2) is 0 Å². The summed E-state index contributed by atoms with van der Waals surface area (Å²) in [6, 6.07) is 0.331. The Morgan fingerprint density at radius 3 is 1.69 bits per heavy atom. The van der Waals surface area contributed by atoms with Gasteiger partial charge >= 0.3 is 0 Å². The number of rotatable bonds is 8. The molecule has 0 rings (SSSR count). The molecule has 0 fully saturated rings. The summed E-state index contributed by atoms with van der Waals surface area (Å²) in [5.41, 5.74) is 22.1. The minimum Gasteiger partial charge on any atom is -0.330 e. The van der Waals surface area contributed by atoms with E-state index in [0.717, 1.165) is 19.5 Å². The van der Waals surface area contributed by atoms with Crippen molar-refractivity contribution in [1.29, 1.82) is 0 Å². The molecule has 8 N–H and O–H groups in total. The molecular weight excluding hydrogens is 166 g/mol. The zero-order valence-electron chi connectivity index (χ0n) is 8.28. The molecule has 0 amide bonds. The van der Waals surface area contributed by atoms with Crippen molar-refractivity contribution in [3.8, 4) is 0 Å². The van der Waals surface area contributed by atoms with Gasteiger partial charge < -0.3 is 22.9 Å². The average molecular weight is 189 g/mol. The normalized spacial score (nSPS) is 13.6. The third-order valence-electron chi connectivity index (χ3n) is 2.12. The fraction of sp³-hybridized carbons (Fsp3) is 1.00. The highest BCUT2D eigenvalue weighted by molar-refractivity contribution is 4.73. The van der Waals surface area contributed by atoms with Crippen LogP contribution in [0.4, 0.5) is 0 Å². The van der Waals surface area contributed by atoms with Gasteiger partial charge in [0.15, 0.2) is 0 Å². The van der Waals surface area contributed by atoms with E-state index < -0.39 is 0 Å². The Bertz CT molecular complexity index is 103. The van der Waals surface area contributed by atoms with Crippen molar-refractivity contribution in [3.05, 3.63) is 0 Å². The molecule has 1 unspecified atom stereocenters. The highest BCUT2D eigenvalue weighted by atomic mass is 15.2. The van der Waals surface area contributed by atoms with Crippen molar-refractivity contribution in [2.45, 2.75) is 12.5 Å². The lowest BCUT2D eigenvalue weighted by Gasteiger charge is -2.29. The van der Waals surface area contributed by atoms with Crippen LogP contribution >= 0.6 is 0 Å². The predicted molar refractivity (Wildman–Crippen MR) is 56.2 cm³/mol. The smallest absolute Gasteiger partial charge is 0.0231 e. The van der Waals surface area contributed by atoms with Crippen LogP contribution in [0.1, 0.15) is 6.42 Å². The highest BCUT2D eigenvalue weighted by Gasteiger charge is 2.14. The molecule has 0 aliphatic rings. The second-order valence-electron chi connectivity index (χ2n) is 3.08. The van der Waals surface area contributed by atoms with Crippen LogP contribution in [-0.2, 0) is 0 Å². The topological polar surface area (TPSA) is 107 Å². The molecular formula is C8H23N5. The predicted octanol–water partition coefficient (Wildman–Crippen LogP) is -2.12. The lowest BCUT2D eigenvalue weighted by Crippen LogP contribution is -2.46. The van der Waals surface area contributed by atoms with Crippen molar-refractivity contribution in [3.63, 3.8) is 0 Å². The second kappa shape index (κ2) is 8.40. The molecule has 5 heteroatoms. The van der Waals surface area contributed by atoms with Crippen molar-refractivity contribution < 1.29 is 0 Å². The van der Waals surface area contributed by atoms with Gasteiger partial charge in [-0.15, -0.1) is 0 Å². The zero-order chi connectivity index (χ0) is 10.1. The first-order valence-electron chi connectivity index (χ1n) is 4.84. The van der Waals surface area contributed by atoms with Crippen LogP contribution in [0.15, 0.2) is 0 Å². The van der Waals surface area contributed by atoms with Crippen LogP contribution in [0.3, 0.4) is 0 Å². The molecule has 80 valence electrons. The fourth-order valence-electron chi connectivity index (χ4n) is 1.45. The molecule has 13 heavy (non-hydrogen) atoms. The van der Waals surface area contributed by atoms with Gasteiger partial charge in [-0.3, -0.25) is 4.90 Å². The molecule has 0 aromatic carbocycles. The van der Waals surface area contributed by atoms with Gasteiger partial charge in [0.2, 0.25) is 0 Å². The quantitative estimate of drug-likeness (QED) is 0.349. The minimum atomic E-state index is 0.331. The van der Waals surface area contributed by atoms with E-state index >= 15 is 0 Å². The third kappa shape index (κ3) is 5.17. The Morgan fingerprint density at radius 1 is 0.846 bits per heavy atom. The molecule has 5 nitrogen and oxygen atoms in total. The summed E-state index contributed by atoms with van der Waals surface area (Å²) in [7, 11) is 0. The first-order valence-corrected chi connectivity index (χ1v) is 4.84. The first-order chi connectivity index (χ1) is 6.29. The van der Waals surface area contributed by atoms with Crippen molar-refractivity contribution >= 4 is 0 Å². The molecule has 0 saturated carbocycles. The number of hydrogen-bond donors (Lipinski definition) is 4. The van der Waals surface area contributed by atoms with Gasteiger partial charge in [0.1, 0.15) is 0 Å². The lowest BCUT2D eigenvalue weighted by molar-refractivity contribution is 0.203. The van der Waals surface area contributed by atoms with Gasteiger partial charge in [-0.1, -0.05) is 0 Å². The van der Waals surface area contributed by atoms with Crippen LogP contribution in [0, 0.1) is 0 Å². The number of nitrogens with two attached hydrogens (primary N) is 4. The summed E-state index contributed by atoms with van der Waals surface area (Å²) in [5.74, 6) is 0. The summed E-state index contributed by atoms with van der Waals surface area (Å²) in [4.78, 5) is 2.22. The maximum Gasteiger partial charge on any atom is 0.0231 e. The fourth-order valence-corrected chi connectivity index (χ4v) is 1.45. The summed E-state index contributed by atoms with van der Waals surface area (Å²) in [6.45, 7) is 4.25. The lowest BCUT2D eigenvalue weighted by atomic mass is 10.1. The van der Waals surface area contributed by atoms with E-state index in [1.807, 2.05) is 0 Å². The average Bonchev–Trinajstić information content (AvgIpc) is 2.14. The SMILES string of the molecule is NCCC(CN)N(CCN)CCN. The van der Waals surface area contributed by atoms with Crippen molar-refractivity contribution in [2.75, 3.05) is 39.3 Å². The maximum absolute atomic E-state index is 5.64. The molecule has 0 aromatic rings. The van der Waals surface area contributed by atoms with Gasteiger partial charge in [-0.2, -0.15) is 0 Å². The number of nitrogens with zero attached hydrogens (tertiary/aromatic N) is 1. The summed E-state index contributed by atoms with van der Waals surface area (Å²) < 4.78 is 0. The van der Waals surface area contributed by atoms with E-state index in [2.05, 4.69) is 4.90 Å². The summed E-state index contributed by atoms with van der Waals surface area (Å²) >= 11 is 0. The molecule has 0 aromatic heterocycles. The van der Waals surface area contributed by atoms with E-state index in [1.54, 1.807) is 0 Å². The third-order valence-corrected chi connectivity index (χ3v) is 2.12. The Kier molecular flexibility index (Phi) is 8.27. The van der Waals surface area contributed by atoms with Crippen LogP contribution in [0.2, 0.25) is 0 Å². The minimum absolute atomic E-state index is 0.331. The van der Waals surface area contributed by atoms with E-state index in [-0.39, 0.29) is 0 Å². The second-order valence-corrected chi connectivity index (χ2v) is 3.08. The van der Waals surface area contributed by atoms with Gasteiger partial charge in [0, 0.05) is 38.8 Å². The molecule has 0 aliphatic carbocycles. The maximum atomic E-state index is 5.64. The van der Waals surface area contributed by atoms with E-state index in [0.29, 0.717) is 32.2 Å². The van der Waals surface area contributed by atoms with E-state index in [1.165, 1.54) is 0 Å².